The molecule has 0 bridgehead atoms. The highest BCUT2D eigenvalue weighted by Crippen LogP contribution is 2.27. The molecule has 11 nitrogen and oxygen atoms in total. The molecular formula is C27H39N9O2. The van der Waals surface area contributed by atoms with Gasteiger partial charge in [0.15, 0.2) is 0 Å². The lowest BCUT2D eigenvalue weighted by Crippen LogP contribution is -2.50. The predicted octanol–water partition coefficient (Wildman–Crippen LogP) is 4.59. The largest absolute Gasteiger partial charge is 0.444 e. The molecule has 0 atom stereocenters. The summed E-state index contributed by atoms with van der Waals surface area (Å²) in [6, 6.07) is 4.24. The second kappa shape index (κ2) is 10.6. The third-order valence-corrected chi connectivity index (χ3v) is 6.82. The maximum atomic E-state index is 12.5. The second-order valence-corrected chi connectivity index (χ2v) is 11.3. The predicted molar refractivity (Wildman–Crippen MR) is 149 cm³/mol. The number of pyridine rings is 1. The molecule has 2 aliphatic rings. The number of nitrogens with zero attached hydrogens (tertiary/aromatic N) is 8. The summed E-state index contributed by atoms with van der Waals surface area (Å²) in [5.74, 6) is 2.99. The van der Waals surface area contributed by atoms with Crippen molar-refractivity contribution in [2.24, 2.45) is 0 Å². The van der Waals surface area contributed by atoms with Gasteiger partial charge in [0.05, 0.1) is 11.7 Å². The van der Waals surface area contributed by atoms with E-state index in [1.54, 1.807) is 4.90 Å². The number of carbonyl (C=O) groups is 1. The van der Waals surface area contributed by atoms with Crippen LogP contribution in [0.25, 0.3) is 10.9 Å². The monoisotopic (exact) mass is 521 g/mol. The van der Waals surface area contributed by atoms with Crippen molar-refractivity contribution in [2.45, 2.75) is 65.5 Å². The third-order valence-electron chi connectivity index (χ3n) is 6.82. The average Bonchev–Trinajstić information content (AvgIpc) is 3.32. The van der Waals surface area contributed by atoms with E-state index in [2.05, 4.69) is 39.0 Å². The molecule has 38 heavy (non-hydrogen) atoms. The summed E-state index contributed by atoms with van der Waals surface area (Å²) in [4.78, 5) is 33.2. The van der Waals surface area contributed by atoms with E-state index in [-0.39, 0.29) is 12.1 Å². The lowest BCUT2D eigenvalue weighted by molar-refractivity contribution is 0.0240. The van der Waals surface area contributed by atoms with Crippen molar-refractivity contribution in [3.63, 3.8) is 0 Å². The third kappa shape index (κ3) is 5.92. The van der Waals surface area contributed by atoms with E-state index in [1.165, 1.54) is 6.42 Å². The Morgan fingerprint density at radius 1 is 0.921 bits per heavy atom. The van der Waals surface area contributed by atoms with Crippen LogP contribution in [0, 0.1) is 0 Å². The number of amides is 1. The molecular weight excluding hydrogens is 482 g/mol. The van der Waals surface area contributed by atoms with Gasteiger partial charge in [0.1, 0.15) is 23.1 Å². The Hall–Kier alpha value is -3.63. The summed E-state index contributed by atoms with van der Waals surface area (Å²) < 4.78 is 7.56. The van der Waals surface area contributed by atoms with Gasteiger partial charge in [0.25, 0.3) is 0 Å². The number of piperazine rings is 1. The smallest absolute Gasteiger partial charge is 0.410 e. The summed E-state index contributed by atoms with van der Waals surface area (Å²) in [6.45, 7) is 14.3. The van der Waals surface area contributed by atoms with Gasteiger partial charge in [-0.25, -0.2) is 9.78 Å². The quantitative estimate of drug-likeness (QED) is 0.516. The van der Waals surface area contributed by atoms with Crippen molar-refractivity contribution in [2.75, 3.05) is 54.4 Å². The maximum absolute atomic E-state index is 12.5. The van der Waals surface area contributed by atoms with Crippen molar-refractivity contribution in [1.82, 2.24) is 29.6 Å². The summed E-state index contributed by atoms with van der Waals surface area (Å²) in [5.41, 5.74) is 0.524. The van der Waals surface area contributed by atoms with Crippen LogP contribution in [0.5, 0.6) is 0 Å². The van der Waals surface area contributed by atoms with Crippen LogP contribution >= 0.6 is 0 Å². The maximum Gasteiger partial charge on any atom is 0.410 e. The second-order valence-electron chi connectivity index (χ2n) is 11.3. The van der Waals surface area contributed by atoms with E-state index in [4.69, 9.17) is 14.7 Å². The van der Waals surface area contributed by atoms with E-state index < -0.39 is 5.60 Å². The first-order chi connectivity index (χ1) is 18.2. The Kier molecular flexibility index (Phi) is 7.27. The van der Waals surface area contributed by atoms with Crippen molar-refractivity contribution >= 4 is 40.4 Å². The Balaban J connectivity index is 1.38. The number of anilines is 4. The molecule has 0 aromatic carbocycles. The van der Waals surface area contributed by atoms with Crippen LogP contribution < -0.4 is 15.1 Å². The van der Waals surface area contributed by atoms with E-state index in [0.29, 0.717) is 37.8 Å². The first-order valence-corrected chi connectivity index (χ1v) is 13.6. The minimum Gasteiger partial charge on any atom is -0.444 e. The minimum absolute atomic E-state index is 0.249. The van der Waals surface area contributed by atoms with E-state index in [9.17, 15) is 4.79 Å². The van der Waals surface area contributed by atoms with Crippen LogP contribution in [-0.4, -0.2) is 80.6 Å². The van der Waals surface area contributed by atoms with Gasteiger partial charge in [0.2, 0.25) is 5.95 Å². The van der Waals surface area contributed by atoms with E-state index in [0.717, 1.165) is 48.6 Å². The molecule has 2 aliphatic heterocycles. The van der Waals surface area contributed by atoms with Crippen LogP contribution in [0.15, 0.2) is 24.5 Å². The van der Waals surface area contributed by atoms with Gasteiger partial charge >= 0.3 is 6.09 Å². The SMILES string of the molecule is CC(C)n1ncc2cnc(Nc3cc(N4CCN(C(=O)OC(C)(C)C)CC4)nc(N4CCCCC4)n3)cc21. The van der Waals surface area contributed by atoms with E-state index in [1.807, 2.05) is 50.0 Å². The number of aromatic nitrogens is 5. The summed E-state index contributed by atoms with van der Waals surface area (Å²) in [6.07, 6.45) is 6.94. The van der Waals surface area contributed by atoms with Gasteiger partial charge in [-0.1, -0.05) is 0 Å². The van der Waals surface area contributed by atoms with Gasteiger partial charge in [-0.05, 0) is 53.9 Å². The number of hydrogen-bond donors (Lipinski definition) is 1. The number of carbonyl (C=O) groups excluding carboxylic acids is 1. The molecule has 2 fully saturated rings. The van der Waals surface area contributed by atoms with Gasteiger partial charge in [-0.2, -0.15) is 15.1 Å². The molecule has 1 N–H and O–H groups in total. The summed E-state index contributed by atoms with van der Waals surface area (Å²) >= 11 is 0. The van der Waals surface area contributed by atoms with E-state index >= 15 is 0 Å². The lowest BCUT2D eigenvalue weighted by Gasteiger charge is -2.36. The summed E-state index contributed by atoms with van der Waals surface area (Å²) in [5, 5.41) is 8.93. The number of piperidine rings is 1. The zero-order valence-electron chi connectivity index (χ0n) is 23.1. The van der Waals surface area contributed by atoms with Crippen LogP contribution in [0.4, 0.5) is 28.2 Å². The van der Waals surface area contributed by atoms with Crippen molar-refractivity contribution < 1.29 is 9.53 Å². The fourth-order valence-corrected chi connectivity index (χ4v) is 4.88. The fraction of sp³-hybridized carbons (Fsp3) is 0.593. The zero-order valence-corrected chi connectivity index (χ0v) is 23.1. The Bertz CT molecular complexity index is 1270. The standard InChI is InChI=1S/C27H39N9O2/c1-19(2)36-21-15-22(28-17-20(21)18-29-36)30-23-16-24(32-25(31-23)34-9-7-6-8-10-34)33-11-13-35(14-12-33)26(37)38-27(3,4)5/h15-19H,6-14H2,1-5H3,(H,28,30,31,32). The molecule has 5 heterocycles. The zero-order chi connectivity index (χ0) is 26.9. The molecule has 0 unspecified atom stereocenters. The molecule has 3 aromatic rings. The number of ether oxygens (including phenoxy) is 1. The molecule has 0 saturated carbocycles. The molecule has 2 saturated heterocycles. The fourth-order valence-electron chi connectivity index (χ4n) is 4.88. The van der Waals surface area contributed by atoms with Gasteiger partial charge in [-0.3, -0.25) is 4.68 Å². The molecule has 204 valence electrons. The number of nitrogens with one attached hydrogen (secondary N) is 1. The van der Waals surface area contributed by atoms with Crippen LogP contribution in [0.2, 0.25) is 0 Å². The number of rotatable bonds is 5. The molecule has 11 heteroatoms. The average molecular weight is 522 g/mol. The van der Waals surface area contributed by atoms with Gasteiger partial charge < -0.3 is 24.8 Å². The molecule has 0 aliphatic carbocycles. The van der Waals surface area contributed by atoms with Gasteiger partial charge in [-0.15, -0.1) is 0 Å². The summed E-state index contributed by atoms with van der Waals surface area (Å²) in [7, 11) is 0. The molecule has 1 amide bonds. The lowest BCUT2D eigenvalue weighted by atomic mass is 10.1. The van der Waals surface area contributed by atoms with Crippen LogP contribution in [-0.2, 0) is 4.74 Å². The minimum atomic E-state index is -0.505. The molecule has 0 radical (unpaired) electrons. The Morgan fingerprint density at radius 2 is 1.66 bits per heavy atom. The molecule has 3 aromatic heterocycles. The van der Waals surface area contributed by atoms with Crippen molar-refractivity contribution in [3.8, 4) is 0 Å². The molecule has 5 rings (SSSR count). The highest BCUT2D eigenvalue weighted by Gasteiger charge is 2.27. The number of fused-ring (bicyclic) bond motifs is 1. The van der Waals surface area contributed by atoms with Crippen molar-refractivity contribution in [3.05, 3.63) is 24.5 Å². The van der Waals surface area contributed by atoms with Crippen molar-refractivity contribution in [1.29, 1.82) is 0 Å². The number of hydrogen-bond acceptors (Lipinski definition) is 9. The Labute approximate surface area is 224 Å². The van der Waals surface area contributed by atoms with Gasteiger partial charge in [0, 0.05) is 69.0 Å². The topological polar surface area (TPSA) is 105 Å². The van der Waals surface area contributed by atoms with Crippen LogP contribution in [0.1, 0.15) is 59.9 Å². The van der Waals surface area contributed by atoms with Crippen LogP contribution in [0.3, 0.4) is 0 Å². The Morgan fingerprint density at radius 3 is 2.34 bits per heavy atom. The normalized spacial score (nSPS) is 16.8. The first-order valence-electron chi connectivity index (χ1n) is 13.6. The highest BCUT2D eigenvalue weighted by atomic mass is 16.6. The molecule has 0 spiro atoms. The highest BCUT2D eigenvalue weighted by molar-refractivity contribution is 5.81. The first kappa shape index (κ1) is 26.0.